The maximum atomic E-state index is 12.6. The predicted molar refractivity (Wildman–Crippen MR) is 150 cm³/mol. The van der Waals surface area contributed by atoms with Crippen molar-refractivity contribution in [3.63, 3.8) is 0 Å². The lowest BCUT2D eigenvalue weighted by atomic mass is 9.96. The van der Waals surface area contributed by atoms with Crippen LogP contribution in [0.5, 0.6) is 0 Å². The van der Waals surface area contributed by atoms with Crippen LogP contribution < -0.4 is 15.8 Å². The highest BCUT2D eigenvalue weighted by molar-refractivity contribution is 5.87. The van der Waals surface area contributed by atoms with Crippen molar-refractivity contribution in [1.29, 1.82) is 0 Å². The number of benzene rings is 1. The Morgan fingerprint density at radius 3 is 2.45 bits per heavy atom. The lowest BCUT2D eigenvalue weighted by Gasteiger charge is -2.38. The number of pyridine rings is 1. The first-order valence-electron chi connectivity index (χ1n) is 12.9. The van der Waals surface area contributed by atoms with Gasteiger partial charge in [0.05, 0.1) is 0 Å². The molecular weight excluding hydrogens is 482 g/mol. The standard InChI is InChI=1S/C26H31N7O2.C2H4O/c1-3-23(34)32-17-19(18-32)10-11-33-24(35)9-4-20-16-27-26(29-25(20)33)28-21-5-7-22(8-6-21)31-14-12-30(2)13-15-31;1-2-3/h3-9,16,19H,1,10-15,17-18H2,2H3,(H,27,28,29);2H,1H3. The van der Waals surface area contributed by atoms with Crippen molar-refractivity contribution in [2.45, 2.75) is 19.9 Å². The number of nitrogens with one attached hydrogen (secondary N) is 1. The minimum Gasteiger partial charge on any atom is -0.369 e. The van der Waals surface area contributed by atoms with Crippen LogP contribution in [0.2, 0.25) is 0 Å². The molecule has 1 N–H and O–H groups in total. The molecule has 3 aromatic rings. The van der Waals surface area contributed by atoms with Crippen molar-refractivity contribution in [2.24, 2.45) is 5.92 Å². The second-order valence-corrected chi connectivity index (χ2v) is 9.60. The molecule has 10 heteroatoms. The third-order valence-corrected chi connectivity index (χ3v) is 6.92. The van der Waals surface area contributed by atoms with Gasteiger partial charge in [-0.05, 0) is 62.7 Å². The Morgan fingerprint density at radius 1 is 1.11 bits per heavy atom. The number of rotatable bonds is 7. The van der Waals surface area contributed by atoms with Gasteiger partial charge in [-0.15, -0.1) is 0 Å². The van der Waals surface area contributed by atoms with E-state index in [0.29, 0.717) is 37.1 Å². The summed E-state index contributed by atoms with van der Waals surface area (Å²) >= 11 is 0. The van der Waals surface area contributed by atoms with Crippen LogP contribution in [0.15, 0.2) is 60.0 Å². The number of hydrogen-bond donors (Lipinski definition) is 1. The first-order valence-corrected chi connectivity index (χ1v) is 12.9. The molecule has 0 aliphatic carbocycles. The molecule has 1 amide bonds. The van der Waals surface area contributed by atoms with Gasteiger partial charge in [0, 0.05) is 74.8 Å². The van der Waals surface area contributed by atoms with Gasteiger partial charge in [-0.1, -0.05) is 6.58 Å². The molecule has 2 aliphatic heterocycles. The summed E-state index contributed by atoms with van der Waals surface area (Å²) in [5, 5.41) is 4.09. The second-order valence-electron chi connectivity index (χ2n) is 9.60. The average molecular weight is 518 g/mol. The van der Waals surface area contributed by atoms with Crippen LogP contribution >= 0.6 is 0 Å². The van der Waals surface area contributed by atoms with Gasteiger partial charge in [0.15, 0.2) is 0 Å². The minimum absolute atomic E-state index is 0.0383. The normalized spacial score (nSPS) is 15.8. The van der Waals surface area contributed by atoms with Crippen LogP contribution in [0, 0.1) is 5.92 Å². The van der Waals surface area contributed by atoms with E-state index in [2.05, 4.69) is 50.8 Å². The highest BCUT2D eigenvalue weighted by Crippen LogP contribution is 2.23. The fourth-order valence-corrected chi connectivity index (χ4v) is 4.67. The average Bonchev–Trinajstić information content (AvgIpc) is 2.90. The Hall–Kier alpha value is -4.05. The molecule has 38 heavy (non-hydrogen) atoms. The van der Waals surface area contributed by atoms with E-state index in [1.165, 1.54) is 18.7 Å². The summed E-state index contributed by atoms with van der Waals surface area (Å²) in [4.78, 5) is 48.7. The number of amides is 1. The van der Waals surface area contributed by atoms with E-state index in [0.717, 1.165) is 50.0 Å². The number of aryl methyl sites for hydroxylation is 1. The molecule has 0 saturated carbocycles. The lowest BCUT2D eigenvalue weighted by molar-refractivity contribution is -0.132. The van der Waals surface area contributed by atoms with Gasteiger partial charge in [0.25, 0.3) is 5.56 Å². The highest BCUT2D eigenvalue weighted by atomic mass is 16.2. The zero-order valence-electron chi connectivity index (χ0n) is 22.0. The Morgan fingerprint density at radius 2 is 1.79 bits per heavy atom. The van der Waals surface area contributed by atoms with Crippen molar-refractivity contribution in [3.05, 3.63) is 65.6 Å². The Labute approximate surface area is 222 Å². The molecule has 200 valence electrons. The maximum absolute atomic E-state index is 12.6. The summed E-state index contributed by atoms with van der Waals surface area (Å²) in [6.07, 6.45) is 4.64. The van der Waals surface area contributed by atoms with Crippen LogP contribution in [0.4, 0.5) is 17.3 Å². The number of hydrogen-bond acceptors (Lipinski definition) is 8. The number of aromatic nitrogens is 3. The van der Waals surface area contributed by atoms with E-state index >= 15 is 0 Å². The molecule has 1 aromatic carbocycles. The van der Waals surface area contributed by atoms with E-state index in [1.54, 1.807) is 27.8 Å². The van der Waals surface area contributed by atoms with Crippen LogP contribution in [0.1, 0.15) is 13.3 Å². The molecule has 2 fully saturated rings. The van der Waals surface area contributed by atoms with Crippen molar-refractivity contribution in [2.75, 3.05) is 56.5 Å². The smallest absolute Gasteiger partial charge is 0.252 e. The fourth-order valence-electron chi connectivity index (χ4n) is 4.67. The van der Waals surface area contributed by atoms with Crippen LogP contribution in [-0.2, 0) is 16.1 Å². The van der Waals surface area contributed by atoms with Gasteiger partial charge in [-0.2, -0.15) is 4.98 Å². The molecule has 10 nitrogen and oxygen atoms in total. The summed E-state index contributed by atoms with van der Waals surface area (Å²) in [6.45, 7) is 11.1. The number of carbonyl (C=O) groups excluding carboxylic acids is 2. The Balaban J connectivity index is 0.00000107. The SMILES string of the molecule is C=CC(=O)N1CC(CCn2c(=O)ccc3cnc(Nc4ccc(N5CCN(C)CC5)cc4)nc32)C1.CC=O. The molecule has 0 spiro atoms. The van der Waals surface area contributed by atoms with Crippen LogP contribution in [-0.4, -0.2) is 82.8 Å². The number of nitrogens with zero attached hydrogens (tertiary/aromatic N) is 6. The van der Waals surface area contributed by atoms with Crippen LogP contribution in [0.25, 0.3) is 11.0 Å². The summed E-state index contributed by atoms with van der Waals surface area (Å²) in [6, 6.07) is 11.6. The third kappa shape index (κ3) is 6.44. The fraction of sp³-hybridized carbons (Fsp3) is 0.393. The van der Waals surface area contributed by atoms with Crippen molar-refractivity contribution in [1.82, 2.24) is 24.3 Å². The molecule has 5 rings (SSSR count). The molecule has 2 aromatic heterocycles. The number of carbonyl (C=O) groups is 2. The van der Waals surface area contributed by atoms with Gasteiger partial charge in [0.1, 0.15) is 11.9 Å². The van der Waals surface area contributed by atoms with Gasteiger partial charge in [-0.3, -0.25) is 14.2 Å². The molecule has 0 radical (unpaired) electrons. The zero-order valence-corrected chi connectivity index (χ0v) is 22.0. The molecule has 4 heterocycles. The molecule has 0 unspecified atom stereocenters. The Bertz CT molecular complexity index is 1320. The predicted octanol–water partition coefficient (Wildman–Crippen LogP) is 2.53. The lowest BCUT2D eigenvalue weighted by Crippen LogP contribution is -2.49. The highest BCUT2D eigenvalue weighted by Gasteiger charge is 2.29. The van der Waals surface area contributed by atoms with E-state index in [-0.39, 0.29) is 11.5 Å². The number of fused-ring (bicyclic) bond motifs is 1. The van der Waals surface area contributed by atoms with E-state index in [9.17, 15) is 9.59 Å². The summed E-state index contributed by atoms with van der Waals surface area (Å²) in [5.41, 5.74) is 2.63. The number of likely N-dealkylation sites (N-methyl/N-ethyl adjacent to an activating group) is 1. The summed E-state index contributed by atoms with van der Waals surface area (Å²) in [7, 11) is 2.15. The molecule has 0 bridgehead atoms. The topological polar surface area (TPSA) is 104 Å². The van der Waals surface area contributed by atoms with Gasteiger partial charge >= 0.3 is 0 Å². The van der Waals surface area contributed by atoms with Crippen molar-refractivity contribution >= 4 is 40.5 Å². The minimum atomic E-state index is -0.0861. The van der Waals surface area contributed by atoms with Gasteiger partial charge in [0.2, 0.25) is 11.9 Å². The molecule has 2 saturated heterocycles. The second kappa shape index (κ2) is 12.5. The van der Waals surface area contributed by atoms with Gasteiger partial charge < -0.3 is 24.8 Å². The van der Waals surface area contributed by atoms with Crippen LogP contribution in [0.3, 0.4) is 0 Å². The monoisotopic (exact) mass is 517 g/mol. The molecule has 2 aliphatic rings. The molecule has 0 atom stereocenters. The number of aldehydes is 1. The first kappa shape index (κ1) is 27.0. The zero-order chi connectivity index (χ0) is 27.1. The van der Waals surface area contributed by atoms with E-state index in [4.69, 9.17) is 4.79 Å². The van der Waals surface area contributed by atoms with E-state index in [1.807, 2.05) is 12.1 Å². The summed E-state index contributed by atoms with van der Waals surface area (Å²) < 4.78 is 1.71. The number of anilines is 3. The number of likely N-dealkylation sites (tertiary alicyclic amines) is 1. The number of piperazine rings is 1. The summed E-state index contributed by atoms with van der Waals surface area (Å²) in [5.74, 6) is 0.790. The maximum Gasteiger partial charge on any atom is 0.252 e. The van der Waals surface area contributed by atoms with Gasteiger partial charge in [-0.25, -0.2) is 4.98 Å². The largest absolute Gasteiger partial charge is 0.369 e. The quantitative estimate of drug-likeness (QED) is 0.377. The van der Waals surface area contributed by atoms with E-state index < -0.39 is 0 Å². The van der Waals surface area contributed by atoms with Crippen molar-refractivity contribution < 1.29 is 9.59 Å². The van der Waals surface area contributed by atoms with Crippen molar-refractivity contribution in [3.8, 4) is 0 Å². The first-order chi connectivity index (χ1) is 18.4. The third-order valence-electron chi connectivity index (χ3n) is 6.92. The molecular formula is C28H35N7O3. The Kier molecular flexibility index (Phi) is 8.85.